The average molecular weight is 456 g/mol. The van der Waals surface area contributed by atoms with Crippen molar-refractivity contribution in [3.05, 3.63) is 48.3 Å². The van der Waals surface area contributed by atoms with E-state index in [-0.39, 0.29) is 15.9 Å². The predicted molar refractivity (Wildman–Crippen MR) is 106 cm³/mol. The number of likely N-dealkylation sites (N-methyl/N-ethyl adjacent to an activating group) is 1. The van der Waals surface area contributed by atoms with Gasteiger partial charge in [0.05, 0.1) is 11.4 Å². The quantitative estimate of drug-likeness (QED) is 0.530. The first-order valence-corrected chi connectivity index (χ1v) is 10.5. The van der Waals surface area contributed by atoms with Gasteiger partial charge in [-0.3, -0.25) is 0 Å². The van der Waals surface area contributed by atoms with Crippen LogP contribution in [-0.4, -0.2) is 55.1 Å². The van der Waals surface area contributed by atoms with Crippen molar-refractivity contribution in [3.63, 3.8) is 0 Å². The third-order valence-electron chi connectivity index (χ3n) is 4.36. The molecule has 2 N–H and O–H groups in total. The van der Waals surface area contributed by atoms with Crippen molar-refractivity contribution < 1.29 is 31.2 Å². The van der Waals surface area contributed by atoms with Crippen LogP contribution in [-0.2, 0) is 19.7 Å². The number of aromatic amines is 1. The Kier molecular flexibility index (Phi) is 6.34. The molecule has 0 saturated heterocycles. The third-order valence-corrected chi connectivity index (χ3v) is 6.02. The van der Waals surface area contributed by atoms with Gasteiger partial charge in [0, 0.05) is 23.8 Å². The van der Waals surface area contributed by atoms with E-state index in [0.29, 0.717) is 11.2 Å². The second kappa shape index (κ2) is 8.65. The van der Waals surface area contributed by atoms with Crippen molar-refractivity contribution in [1.29, 1.82) is 0 Å². The first kappa shape index (κ1) is 22.7. The number of fused-ring (bicyclic) bond motifs is 1. The van der Waals surface area contributed by atoms with Crippen molar-refractivity contribution in [2.75, 3.05) is 20.1 Å². The van der Waals surface area contributed by atoms with Crippen LogP contribution in [0.25, 0.3) is 22.2 Å². The SMILES string of the molecule is CNCCN(OC(=O)C(F)(F)F)S(=O)(=O)c1ccc(-c2ccnc3[nH]c(C)cc23)cc1. The number of H-pyrrole nitrogens is 1. The zero-order valence-electron chi connectivity index (χ0n) is 16.5. The fourth-order valence-corrected chi connectivity index (χ4v) is 4.11. The molecule has 3 aromatic rings. The second-order valence-corrected chi connectivity index (χ2v) is 8.44. The molecule has 0 amide bonds. The van der Waals surface area contributed by atoms with Crippen LogP contribution in [0.3, 0.4) is 0 Å². The highest BCUT2D eigenvalue weighted by Gasteiger charge is 2.44. The molecule has 166 valence electrons. The van der Waals surface area contributed by atoms with Gasteiger partial charge in [-0.25, -0.2) is 18.2 Å². The van der Waals surface area contributed by atoms with E-state index >= 15 is 0 Å². The number of halogens is 3. The lowest BCUT2D eigenvalue weighted by Gasteiger charge is -2.21. The van der Waals surface area contributed by atoms with Gasteiger partial charge in [0.15, 0.2) is 0 Å². The molecule has 1 aromatic carbocycles. The van der Waals surface area contributed by atoms with Crippen LogP contribution < -0.4 is 5.32 Å². The minimum Gasteiger partial charge on any atom is -0.345 e. The molecule has 31 heavy (non-hydrogen) atoms. The molecule has 0 unspecified atom stereocenters. The van der Waals surface area contributed by atoms with Gasteiger partial charge in [0.2, 0.25) is 0 Å². The number of rotatable bonds is 7. The molecule has 0 bridgehead atoms. The van der Waals surface area contributed by atoms with Crippen LogP contribution in [0.4, 0.5) is 13.2 Å². The maximum absolute atomic E-state index is 12.8. The summed E-state index contributed by atoms with van der Waals surface area (Å²) in [5.74, 6) is -2.62. The number of alkyl halides is 3. The molecule has 12 heteroatoms. The van der Waals surface area contributed by atoms with E-state index in [0.717, 1.165) is 16.6 Å². The first-order valence-electron chi connectivity index (χ1n) is 9.05. The number of hydrogen-bond acceptors (Lipinski definition) is 6. The molecule has 3 rings (SSSR count). The Labute approximate surface area is 176 Å². The summed E-state index contributed by atoms with van der Waals surface area (Å²) >= 11 is 0. The minimum absolute atomic E-state index is 0.0362. The summed E-state index contributed by atoms with van der Waals surface area (Å²) in [4.78, 5) is 22.4. The zero-order chi connectivity index (χ0) is 22.8. The Morgan fingerprint density at radius 2 is 1.90 bits per heavy atom. The van der Waals surface area contributed by atoms with Gasteiger partial charge < -0.3 is 15.1 Å². The Balaban J connectivity index is 1.93. The molecule has 0 spiro atoms. The molecular formula is C19H19F3N4O4S. The van der Waals surface area contributed by atoms with Crippen LogP contribution in [0.2, 0.25) is 0 Å². The third kappa shape index (κ3) is 4.86. The number of sulfonamides is 1. The van der Waals surface area contributed by atoms with Gasteiger partial charge in [-0.05, 0) is 53.8 Å². The Hall–Kier alpha value is -2.96. The van der Waals surface area contributed by atoms with E-state index in [9.17, 15) is 26.4 Å². The fraction of sp³-hybridized carbons (Fsp3) is 0.263. The number of hydroxylamine groups is 1. The summed E-state index contributed by atoms with van der Waals surface area (Å²) in [5.41, 5.74) is 3.05. The van der Waals surface area contributed by atoms with E-state index < -0.39 is 28.7 Å². The lowest BCUT2D eigenvalue weighted by atomic mass is 10.0. The van der Waals surface area contributed by atoms with Crippen molar-refractivity contribution in [1.82, 2.24) is 19.8 Å². The van der Waals surface area contributed by atoms with E-state index in [1.54, 1.807) is 12.3 Å². The molecule has 2 aromatic heterocycles. The Bertz CT molecular complexity index is 1190. The number of hydrogen-bond donors (Lipinski definition) is 2. The average Bonchev–Trinajstić information content (AvgIpc) is 3.10. The van der Waals surface area contributed by atoms with Gasteiger partial charge in [-0.15, -0.1) is 0 Å². The molecule has 0 aliphatic rings. The van der Waals surface area contributed by atoms with Crippen molar-refractivity contribution in [2.45, 2.75) is 18.0 Å². The highest BCUT2D eigenvalue weighted by Crippen LogP contribution is 2.29. The molecule has 0 fully saturated rings. The number of aromatic nitrogens is 2. The predicted octanol–water partition coefficient (Wildman–Crippen LogP) is 2.77. The van der Waals surface area contributed by atoms with E-state index in [1.165, 1.54) is 31.3 Å². The van der Waals surface area contributed by atoms with Crippen molar-refractivity contribution in [3.8, 4) is 11.1 Å². The summed E-state index contributed by atoms with van der Waals surface area (Å²) < 4.78 is 63.4. The maximum atomic E-state index is 12.8. The highest BCUT2D eigenvalue weighted by atomic mass is 32.2. The molecule has 0 aliphatic heterocycles. The first-order chi connectivity index (χ1) is 14.5. The summed E-state index contributed by atoms with van der Waals surface area (Å²) in [6.45, 7) is 1.34. The number of carbonyl (C=O) groups excluding carboxylic acids is 1. The molecule has 8 nitrogen and oxygen atoms in total. The number of carbonyl (C=O) groups is 1. The summed E-state index contributed by atoms with van der Waals surface area (Å²) in [5, 5.41) is 3.43. The van der Waals surface area contributed by atoms with Crippen molar-refractivity contribution >= 4 is 27.0 Å². The normalized spacial score (nSPS) is 12.5. The van der Waals surface area contributed by atoms with Gasteiger partial charge >= 0.3 is 12.1 Å². The molecule has 0 atom stereocenters. The molecule has 2 heterocycles. The van der Waals surface area contributed by atoms with Crippen LogP contribution in [0.1, 0.15) is 5.69 Å². The van der Waals surface area contributed by atoms with Crippen LogP contribution in [0, 0.1) is 6.92 Å². The topological polar surface area (TPSA) is 104 Å². The van der Waals surface area contributed by atoms with Crippen LogP contribution in [0.15, 0.2) is 47.5 Å². The Morgan fingerprint density at radius 1 is 1.23 bits per heavy atom. The van der Waals surface area contributed by atoms with E-state index in [1.807, 2.05) is 13.0 Å². The van der Waals surface area contributed by atoms with Gasteiger partial charge in [0.1, 0.15) is 5.65 Å². The largest absolute Gasteiger partial charge is 0.492 e. The summed E-state index contributed by atoms with van der Waals surface area (Å²) in [7, 11) is -3.06. The zero-order valence-corrected chi connectivity index (χ0v) is 17.3. The lowest BCUT2D eigenvalue weighted by molar-refractivity contribution is -0.222. The monoisotopic (exact) mass is 456 g/mol. The van der Waals surface area contributed by atoms with Gasteiger partial charge in [-0.1, -0.05) is 12.1 Å². The number of benzene rings is 1. The van der Waals surface area contributed by atoms with Crippen LogP contribution in [0.5, 0.6) is 0 Å². The smallest absolute Gasteiger partial charge is 0.345 e. The molecule has 0 aliphatic carbocycles. The highest BCUT2D eigenvalue weighted by molar-refractivity contribution is 7.89. The van der Waals surface area contributed by atoms with E-state index in [2.05, 4.69) is 20.1 Å². The standard InChI is InChI=1S/C19H19F3N4O4S/c1-12-11-16-15(7-8-24-17(16)25-12)13-3-5-14(6-4-13)31(28,29)26(10-9-23-2)30-18(27)19(20,21)22/h3-8,11,23H,9-10H2,1-2H3,(H,24,25). The van der Waals surface area contributed by atoms with E-state index in [4.69, 9.17) is 0 Å². The van der Waals surface area contributed by atoms with Gasteiger partial charge in [-0.2, -0.15) is 13.2 Å². The number of nitrogens with zero attached hydrogens (tertiary/aromatic N) is 2. The number of aryl methyl sites for hydroxylation is 1. The molecule has 0 radical (unpaired) electrons. The Morgan fingerprint density at radius 3 is 2.52 bits per heavy atom. The summed E-state index contributed by atoms with van der Waals surface area (Å²) in [6, 6.07) is 9.19. The number of nitrogens with one attached hydrogen (secondary N) is 2. The molecule has 0 saturated carbocycles. The van der Waals surface area contributed by atoms with Gasteiger partial charge in [0.25, 0.3) is 10.0 Å². The molecular weight excluding hydrogens is 437 g/mol. The van der Waals surface area contributed by atoms with Crippen molar-refractivity contribution in [2.24, 2.45) is 0 Å². The number of pyridine rings is 1. The summed E-state index contributed by atoms with van der Waals surface area (Å²) in [6.07, 6.45) is -3.73. The van der Waals surface area contributed by atoms with Crippen LogP contribution >= 0.6 is 0 Å². The lowest BCUT2D eigenvalue weighted by Crippen LogP contribution is -2.41. The minimum atomic E-state index is -5.33. The second-order valence-electron chi connectivity index (χ2n) is 6.61. The fourth-order valence-electron chi connectivity index (χ4n) is 2.90. The maximum Gasteiger partial charge on any atom is 0.492 e.